The van der Waals surface area contributed by atoms with Gasteiger partial charge in [-0.3, -0.25) is 19.7 Å². The van der Waals surface area contributed by atoms with E-state index < -0.39 is 10.8 Å². The molecule has 0 aromatic heterocycles. The van der Waals surface area contributed by atoms with Crippen LogP contribution in [-0.2, 0) is 9.59 Å². The van der Waals surface area contributed by atoms with E-state index in [9.17, 15) is 19.7 Å². The molecule has 166 valence electrons. The average Bonchev–Trinajstić information content (AvgIpc) is 3.04. The Morgan fingerprint density at radius 3 is 2.06 bits per heavy atom. The van der Waals surface area contributed by atoms with Gasteiger partial charge in [-0.2, -0.15) is 0 Å². The zero-order valence-electron chi connectivity index (χ0n) is 18.4. The molecule has 2 aliphatic rings. The summed E-state index contributed by atoms with van der Waals surface area (Å²) in [5, 5.41) is 11.1. The SMILES string of the molecule is CC1CCN(C2=C(c3ccc([N+](=O)[O-])cc3)C(=O)N(c3ccc(N(C)C)cc3)C2=O)CC1. The molecule has 2 aliphatic heterocycles. The van der Waals surface area contributed by atoms with E-state index in [-0.39, 0.29) is 11.6 Å². The Bertz CT molecular complexity index is 1080. The number of benzene rings is 2. The normalized spacial score (nSPS) is 17.3. The van der Waals surface area contributed by atoms with Crippen molar-refractivity contribution >= 4 is 34.4 Å². The molecule has 0 radical (unpaired) electrons. The number of imide groups is 1. The Kier molecular flexibility index (Phi) is 5.69. The summed E-state index contributed by atoms with van der Waals surface area (Å²) in [7, 11) is 3.84. The van der Waals surface area contributed by atoms with Crippen molar-refractivity contribution in [1.82, 2.24) is 4.90 Å². The molecule has 0 saturated carbocycles. The zero-order chi connectivity index (χ0) is 23.0. The number of nitro groups is 1. The lowest BCUT2D eigenvalue weighted by Gasteiger charge is -2.32. The quantitative estimate of drug-likeness (QED) is 0.405. The summed E-state index contributed by atoms with van der Waals surface area (Å²) in [5.74, 6) is -0.192. The number of anilines is 2. The molecule has 2 aromatic rings. The number of nitro benzene ring substituents is 1. The van der Waals surface area contributed by atoms with Crippen LogP contribution in [0.2, 0.25) is 0 Å². The van der Waals surface area contributed by atoms with E-state index >= 15 is 0 Å². The molecule has 1 fully saturated rings. The fraction of sp³-hybridized carbons (Fsp3) is 0.333. The molecule has 0 bridgehead atoms. The van der Waals surface area contributed by atoms with Gasteiger partial charge in [-0.1, -0.05) is 6.92 Å². The molecule has 0 unspecified atom stereocenters. The van der Waals surface area contributed by atoms with Crippen LogP contribution in [0, 0.1) is 16.0 Å². The van der Waals surface area contributed by atoms with E-state index in [0.717, 1.165) is 18.5 Å². The monoisotopic (exact) mass is 434 g/mol. The number of non-ortho nitro benzene ring substituents is 1. The van der Waals surface area contributed by atoms with Crippen molar-refractivity contribution in [2.45, 2.75) is 19.8 Å². The van der Waals surface area contributed by atoms with Gasteiger partial charge in [0.15, 0.2) is 0 Å². The second-order valence-electron chi connectivity index (χ2n) is 8.55. The van der Waals surface area contributed by atoms with Crippen molar-refractivity contribution in [3.05, 3.63) is 69.9 Å². The lowest BCUT2D eigenvalue weighted by atomic mass is 9.97. The van der Waals surface area contributed by atoms with E-state index in [0.29, 0.717) is 41.5 Å². The first-order valence-electron chi connectivity index (χ1n) is 10.7. The van der Waals surface area contributed by atoms with Crippen molar-refractivity contribution in [3.63, 3.8) is 0 Å². The summed E-state index contributed by atoms with van der Waals surface area (Å²) < 4.78 is 0. The fourth-order valence-corrected chi connectivity index (χ4v) is 4.19. The first kappa shape index (κ1) is 21.5. The topological polar surface area (TPSA) is 87.0 Å². The average molecular weight is 434 g/mol. The molecule has 32 heavy (non-hydrogen) atoms. The fourth-order valence-electron chi connectivity index (χ4n) is 4.19. The van der Waals surface area contributed by atoms with Crippen LogP contribution in [0.4, 0.5) is 17.1 Å². The second-order valence-corrected chi connectivity index (χ2v) is 8.55. The number of amides is 2. The molecule has 2 aromatic carbocycles. The maximum Gasteiger partial charge on any atom is 0.282 e. The van der Waals surface area contributed by atoms with Crippen LogP contribution in [0.5, 0.6) is 0 Å². The first-order chi connectivity index (χ1) is 15.3. The lowest BCUT2D eigenvalue weighted by molar-refractivity contribution is -0.384. The maximum absolute atomic E-state index is 13.6. The second kappa shape index (κ2) is 8.45. The van der Waals surface area contributed by atoms with Gasteiger partial charge in [-0.15, -0.1) is 0 Å². The smallest absolute Gasteiger partial charge is 0.282 e. The predicted molar refractivity (Wildman–Crippen MR) is 123 cm³/mol. The van der Waals surface area contributed by atoms with Crippen LogP contribution in [-0.4, -0.2) is 48.8 Å². The molecule has 0 aliphatic carbocycles. The van der Waals surface area contributed by atoms with E-state index in [1.165, 1.54) is 17.0 Å². The Morgan fingerprint density at radius 2 is 1.53 bits per heavy atom. The van der Waals surface area contributed by atoms with Gasteiger partial charge < -0.3 is 9.80 Å². The molecule has 0 spiro atoms. The van der Waals surface area contributed by atoms with Gasteiger partial charge >= 0.3 is 0 Å². The number of hydrogen-bond donors (Lipinski definition) is 0. The van der Waals surface area contributed by atoms with Crippen LogP contribution in [0.1, 0.15) is 25.3 Å². The minimum Gasteiger partial charge on any atom is -0.378 e. The number of likely N-dealkylation sites (tertiary alicyclic amines) is 1. The summed E-state index contributed by atoms with van der Waals surface area (Å²) >= 11 is 0. The minimum atomic E-state index is -0.481. The van der Waals surface area contributed by atoms with Gasteiger partial charge in [0.25, 0.3) is 17.5 Å². The summed E-state index contributed by atoms with van der Waals surface area (Å²) in [5.41, 5.74) is 2.60. The number of hydrogen-bond acceptors (Lipinski definition) is 6. The third-order valence-corrected chi connectivity index (χ3v) is 6.15. The Balaban J connectivity index is 1.76. The third-order valence-electron chi connectivity index (χ3n) is 6.15. The molecule has 1 saturated heterocycles. The highest BCUT2D eigenvalue weighted by Gasteiger charge is 2.43. The van der Waals surface area contributed by atoms with E-state index in [1.54, 1.807) is 24.3 Å². The predicted octanol–water partition coefficient (Wildman–Crippen LogP) is 3.68. The Morgan fingerprint density at radius 1 is 0.938 bits per heavy atom. The zero-order valence-corrected chi connectivity index (χ0v) is 18.4. The molecule has 2 heterocycles. The van der Waals surface area contributed by atoms with Gasteiger partial charge in [0, 0.05) is 45.0 Å². The largest absolute Gasteiger partial charge is 0.378 e. The summed E-state index contributed by atoms with van der Waals surface area (Å²) in [6.07, 6.45) is 1.88. The van der Waals surface area contributed by atoms with Crippen LogP contribution in [0.3, 0.4) is 0 Å². The van der Waals surface area contributed by atoms with Crippen LogP contribution < -0.4 is 9.80 Å². The summed E-state index contributed by atoms with van der Waals surface area (Å²) in [6.45, 7) is 3.57. The number of nitrogens with zero attached hydrogens (tertiary/aromatic N) is 4. The molecule has 0 atom stereocenters. The molecule has 2 amide bonds. The van der Waals surface area contributed by atoms with Gasteiger partial charge in [0.2, 0.25) is 0 Å². The van der Waals surface area contributed by atoms with Crippen LogP contribution in [0.25, 0.3) is 5.57 Å². The van der Waals surface area contributed by atoms with E-state index in [1.807, 2.05) is 36.0 Å². The standard InChI is InChI=1S/C24H26N4O4/c1-16-12-14-26(15-13-16)22-21(17-4-6-20(7-5-17)28(31)32)23(29)27(24(22)30)19-10-8-18(9-11-19)25(2)3/h4-11,16H,12-15H2,1-3H3. The van der Waals surface area contributed by atoms with E-state index in [2.05, 4.69) is 6.92 Å². The lowest BCUT2D eigenvalue weighted by Crippen LogP contribution is -2.38. The van der Waals surface area contributed by atoms with Crippen molar-refractivity contribution in [1.29, 1.82) is 0 Å². The van der Waals surface area contributed by atoms with Crippen molar-refractivity contribution in [2.75, 3.05) is 37.0 Å². The van der Waals surface area contributed by atoms with Crippen molar-refractivity contribution in [3.8, 4) is 0 Å². The Labute approximate surface area is 186 Å². The highest BCUT2D eigenvalue weighted by Crippen LogP contribution is 2.37. The number of piperidine rings is 1. The van der Waals surface area contributed by atoms with Crippen molar-refractivity contribution < 1.29 is 14.5 Å². The van der Waals surface area contributed by atoms with Gasteiger partial charge in [-0.25, -0.2) is 4.90 Å². The molecule has 0 N–H and O–H groups in total. The molecular formula is C24H26N4O4. The summed E-state index contributed by atoms with van der Waals surface area (Å²) in [6, 6.07) is 13.1. The highest BCUT2D eigenvalue weighted by molar-refractivity contribution is 6.45. The van der Waals surface area contributed by atoms with Crippen LogP contribution in [0.15, 0.2) is 54.2 Å². The molecular weight excluding hydrogens is 408 g/mol. The third kappa shape index (κ3) is 3.84. The molecule has 8 heteroatoms. The number of carbonyl (C=O) groups is 2. The number of rotatable bonds is 5. The Hall–Kier alpha value is -3.68. The first-order valence-corrected chi connectivity index (χ1v) is 10.7. The molecule has 4 rings (SSSR count). The van der Waals surface area contributed by atoms with Gasteiger partial charge in [0.1, 0.15) is 5.70 Å². The van der Waals surface area contributed by atoms with Crippen molar-refractivity contribution in [2.24, 2.45) is 5.92 Å². The van der Waals surface area contributed by atoms with Gasteiger partial charge in [0.05, 0.1) is 16.2 Å². The minimum absolute atomic E-state index is 0.0596. The van der Waals surface area contributed by atoms with Crippen LogP contribution >= 0.6 is 0 Å². The summed E-state index contributed by atoms with van der Waals surface area (Å²) in [4.78, 5) is 42.8. The maximum atomic E-state index is 13.6. The van der Waals surface area contributed by atoms with E-state index in [4.69, 9.17) is 0 Å². The number of carbonyl (C=O) groups excluding carboxylic acids is 2. The molecule has 8 nitrogen and oxygen atoms in total. The van der Waals surface area contributed by atoms with Gasteiger partial charge in [-0.05, 0) is 60.7 Å². The highest BCUT2D eigenvalue weighted by atomic mass is 16.6.